The Morgan fingerprint density at radius 2 is 2.45 bits per heavy atom. The molecule has 4 heteroatoms. The Morgan fingerprint density at radius 3 is 3.00 bits per heavy atom. The zero-order valence-electron chi connectivity index (χ0n) is 6.99. The summed E-state index contributed by atoms with van der Waals surface area (Å²) >= 11 is 0. The third-order valence-corrected chi connectivity index (χ3v) is 1.49. The molecule has 0 aromatic carbocycles. The van der Waals surface area contributed by atoms with Gasteiger partial charge in [-0.25, -0.2) is 9.67 Å². The smallest absolute Gasteiger partial charge is 0.143 e. The predicted octanol–water partition coefficient (Wildman–Crippen LogP) is 0.708. The number of hydrogen-bond donors (Lipinski definition) is 1. The molecule has 62 valence electrons. The first-order chi connectivity index (χ1) is 5.25. The SMILES string of the molecule is CCCn1ncnc1[C@@H](C)N. The van der Waals surface area contributed by atoms with Gasteiger partial charge in [0.25, 0.3) is 0 Å². The number of hydrogen-bond acceptors (Lipinski definition) is 3. The monoisotopic (exact) mass is 154 g/mol. The lowest BCUT2D eigenvalue weighted by Crippen LogP contribution is -2.14. The highest BCUT2D eigenvalue weighted by Gasteiger charge is 2.06. The summed E-state index contributed by atoms with van der Waals surface area (Å²) in [5, 5.41) is 4.05. The number of rotatable bonds is 3. The molecular formula is C7H14N4. The Bertz CT molecular complexity index is 216. The first-order valence-electron chi connectivity index (χ1n) is 3.89. The minimum Gasteiger partial charge on any atom is -0.322 e. The molecule has 0 aliphatic rings. The molecule has 0 spiro atoms. The molecule has 0 aliphatic carbocycles. The lowest BCUT2D eigenvalue weighted by Gasteiger charge is -2.05. The molecule has 2 N–H and O–H groups in total. The summed E-state index contributed by atoms with van der Waals surface area (Å²) in [6.07, 6.45) is 2.61. The van der Waals surface area contributed by atoms with E-state index >= 15 is 0 Å². The third-order valence-electron chi connectivity index (χ3n) is 1.49. The van der Waals surface area contributed by atoms with E-state index in [0.29, 0.717) is 0 Å². The van der Waals surface area contributed by atoms with Gasteiger partial charge in [0, 0.05) is 6.54 Å². The van der Waals surface area contributed by atoms with Crippen molar-refractivity contribution in [3.8, 4) is 0 Å². The molecule has 0 saturated carbocycles. The minimum absolute atomic E-state index is 0.0240. The Hall–Kier alpha value is -0.900. The van der Waals surface area contributed by atoms with Crippen LogP contribution >= 0.6 is 0 Å². The second-order valence-electron chi connectivity index (χ2n) is 2.63. The Labute approximate surface area is 66.4 Å². The van der Waals surface area contributed by atoms with E-state index in [0.717, 1.165) is 18.8 Å². The number of aromatic nitrogens is 3. The number of nitrogens with two attached hydrogens (primary N) is 1. The van der Waals surface area contributed by atoms with Crippen LogP contribution in [0.2, 0.25) is 0 Å². The van der Waals surface area contributed by atoms with Crippen molar-refractivity contribution in [3.05, 3.63) is 12.2 Å². The molecule has 0 bridgehead atoms. The Kier molecular flexibility index (Phi) is 2.59. The van der Waals surface area contributed by atoms with Gasteiger partial charge >= 0.3 is 0 Å². The molecule has 1 heterocycles. The fourth-order valence-electron chi connectivity index (χ4n) is 1.01. The zero-order valence-corrected chi connectivity index (χ0v) is 6.99. The van der Waals surface area contributed by atoms with Gasteiger partial charge in [-0.05, 0) is 13.3 Å². The average molecular weight is 154 g/mol. The van der Waals surface area contributed by atoms with Crippen molar-refractivity contribution in [1.82, 2.24) is 14.8 Å². The highest BCUT2D eigenvalue weighted by Crippen LogP contribution is 2.04. The van der Waals surface area contributed by atoms with Gasteiger partial charge in [0.05, 0.1) is 6.04 Å². The van der Waals surface area contributed by atoms with E-state index in [4.69, 9.17) is 5.73 Å². The maximum absolute atomic E-state index is 5.67. The number of aryl methyl sites for hydroxylation is 1. The minimum atomic E-state index is -0.0240. The van der Waals surface area contributed by atoms with Crippen molar-refractivity contribution >= 4 is 0 Å². The van der Waals surface area contributed by atoms with Crippen molar-refractivity contribution in [1.29, 1.82) is 0 Å². The molecule has 0 fully saturated rings. The average Bonchev–Trinajstić information content (AvgIpc) is 2.36. The van der Waals surface area contributed by atoms with Gasteiger partial charge in [-0.1, -0.05) is 6.92 Å². The standard InChI is InChI=1S/C7H14N4/c1-3-4-11-7(6(2)8)9-5-10-11/h5-6H,3-4,8H2,1-2H3/t6-/m1/s1. The first kappa shape index (κ1) is 8.20. The van der Waals surface area contributed by atoms with E-state index in [1.807, 2.05) is 11.6 Å². The van der Waals surface area contributed by atoms with Gasteiger partial charge in [0.2, 0.25) is 0 Å². The maximum atomic E-state index is 5.67. The van der Waals surface area contributed by atoms with Crippen LogP contribution in [-0.2, 0) is 6.54 Å². The summed E-state index contributed by atoms with van der Waals surface area (Å²) in [5.74, 6) is 0.867. The maximum Gasteiger partial charge on any atom is 0.143 e. The molecular weight excluding hydrogens is 140 g/mol. The molecule has 0 unspecified atom stereocenters. The lowest BCUT2D eigenvalue weighted by molar-refractivity contribution is 0.544. The summed E-state index contributed by atoms with van der Waals surface area (Å²) in [4.78, 5) is 4.06. The summed E-state index contributed by atoms with van der Waals surface area (Å²) < 4.78 is 1.85. The fourth-order valence-corrected chi connectivity index (χ4v) is 1.01. The van der Waals surface area contributed by atoms with E-state index in [1.165, 1.54) is 0 Å². The lowest BCUT2D eigenvalue weighted by atomic mass is 10.3. The van der Waals surface area contributed by atoms with E-state index < -0.39 is 0 Å². The summed E-state index contributed by atoms with van der Waals surface area (Å²) in [6, 6.07) is -0.0240. The van der Waals surface area contributed by atoms with Gasteiger partial charge in [0.15, 0.2) is 0 Å². The second-order valence-corrected chi connectivity index (χ2v) is 2.63. The normalized spacial score (nSPS) is 13.4. The van der Waals surface area contributed by atoms with Crippen LogP contribution in [0.3, 0.4) is 0 Å². The quantitative estimate of drug-likeness (QED) is 0.697. The number of nitrogens with zero attached hydrogens (tertiary/aromatic N) is 3. The molecule has 0 aliphatic heterocycles. The molecule has 0 amide bonds. The van der Waals surface area contributed by atoms with Crippen molar-refractivity contribution < 1.29 is 0 Å². The van der Waals surface area contributed by atoms with Crippen molar-refractivity contribution in [2.45, 2.75) is 32.9 Å². The molecule has 0 saturated heterocycles. The summed E-state index contributed by atoms with van der Waals surface area (Å²) in [5.41, 5.74) is 5.67. The van der Waals surface area contributed by atoms with Gasteiger partial charge in [-0.3, -0.25) is 0 Å². The Balaban J connectivity index is 2.78. The van der Waals surface area contributed by atoms with Crippen LogP contribution < -0.4 is 5.73 Å². The van der Waals surface area contributed by atoms with E-state index in [1.54, 1.807) is 6.33 Å². The van der Waals surface area contributed by atoms with Crippen LogP contribution in [-0.4, -0.2) is 14.8 Å². The predicted molar refractivity (Wildman–Crippen MR) is 42.9 cm³/mol. The highest BCUT2D eigenvalue weighted by molar-refractivity contribution is 4.90. The van der Waals surface area contributed by atoms with E-state index in [2.05, 4.69) is 17.0 Å². The van der Waals surface area contributed by atoms with Gasteiger partial charge in [0.1, 0.15) is 12.2 Å². The highest BCUT2D eigenvalue weighted by atomic mass is 15.3. The largest absolute Gasteiger partial charge is 0.322 e. The third kappa shape index (κ3) is 1.77. The van der Waals surface area contributed by atoms with Gasteiger partial charge in [-0.15, -0.1) is 0 Å². The second kappa shape index (κ2) is 3.48. The molecule has 1 aromatic rings. The molecule has 1 rings (SSSR count). The van der Waals surface area contributed by atoms with E-state index in [9.17, 15) is 0 Å². The van der Waals surface area contributed by atoms with Gasteiger partial charge < -0.3 is 5.73 Å². The molecule has 0 radical (unpaired) electrons. The van der Waals surface area contributed by atoms with Crippen LogP contribution in [0.1, 0.15) is 32.1 Å². The van der Waals surface area contributed by atoms with Crippen LogP contribution in [0, 0.1) is 0 Å². The van der Waals surface area contributed by atoms with Crippen LogP contribution in [0.15, 0.2) is 6.33 Å². The summed E-state index contributed by atoms with van der Waals surface area (Å²) in [6.45, 7) is 4.92. The fraction of sp³-hybridized carbons (Fsp3) is 0.714. The zero-order chi connectivity index (χ0) is 8.27. The van der Waals surface area contributed by atoms with Crippen LogP contribution in [0.5, 0.6) is 0 Å². The molecule has 1 aromatic heterocycles. The molecule has 1 atom stereocenters. The topological polar surface area (TPSA) is 56.7 Å². The molecule has 11 heavy (non-hydrogen) atoms. The Morgan fingerprint density at radius 1 is 1.73 bits per heavy atom. The van der Waals surface area contributed by atoms with Crippen molar-refractivity contribution in [2.75, 3.05) is 0 Å². The van der Waals surface area contributed by atoms with E-state index in [-0.39, 0.29) is 6.04 Å². The summed E-state index contributed by atoms with van der Waals surface area (Å²) in [7, 11) is 0. The van der Waals surface area contributed by atoms with Crippen LogP contribution in [0.25, 0.3) is 0 Å². The van der Waals surface area contributed by atoms with Crippen molar-refractivity contribution in [2.24, 2.45) is 5.73 Å². The molecule has 4 nitrogen and oxygen atoms in total. The van der Waals surface area contributed by atoms with Crippen molar-refractivity contribution in [3.63, 3.8) is 0 Å². The first-order valence-corrected chi connectivity index (χ1v) is 3.89. The van der Waals surface area contributed by atoms with Crippen LogP contribution in [0.4, 0.5) is 0 Å². The van der Waals surface area contributed by atoms with Gasteiger partial charge in [-0.2, -0.15) is 5.10 Å².